The lowest BCUT2D eigenvalue weighted by molar-refractivity contribution is -0.122. The second-order valence-electron chi connectivity index (χ2n) is 6.64. The molecule has 2 aromatic carbocycles. The van der Waals surface area contributed by atoms with E-state index in [-0.39, 0.29) is 11.3 Å². The predicted octanol–water partition coefficient (Wildman–Crippen LogP) is 3.68. The Morgan fingerprint density at radius 2 is 1.74 bits per heavy atom. The van der Waals surface area contributed by atoms with Gasteiger partial charge in [-0.15, -0.1) is 0 Å². The van der Waals surface area contributed by atoms with Gasteiger partial charge in [0.05, 0.1) is 18.0 Å². The van der Waals surface area contributed by atoms with E-state index in [9.17, 15) is 18.8 Å². The highest BCUT2D eigenvalue weighted by Crippen LogP contribution is 2.27. The third-order valence-corrected chi connectivity index (χ3v) is 4.68. The smallest absolute Gasteiger partial charge is 0.335 e. The summed E-state index contributed by atoms with van der Waals surface area (Å²) < 4.78 is 20.7. The maximum atomic E-state index is 13.2. The minimum atomic E-state index is -0.893. The fourth-order valence-corrected chi connectivity index (χ4v) is 3.29. The number of para-hydroxylation sites is 2. The minimum Gasteiger partial charge on any atom is -0.492 e. The number of benzene rings is 2. The monoisotopic (exact) mass is 419 g/mol. The Hall–Kier alpha value is -4.20. The lowest BCUT2D eigenvalue weighted by Gasteiger charge is -2.26. The number of imide groups is 2. The van der Waals surface area contributed by atoms with Crippen LogP contribution in [0.1, 0.15) is 12.6 Å². The molecule has 8 heteroatoms. The summed E-state index contributed by atoms with van der Waals surface area (Å²) in [6.07, 6.45) is 3.18. The first-order valence-electron chi connectivity index (χ1n) is 9.56. The number of ether oxygens (including phenoxy) is 1. The second kappa shape index (κ2) is 8.27. The number of anilines is 1. The number of barbiturate groups is 1. The lowest BCUT2D eigenvalue weighted by atomic mass is 10.1. The molecule has 0 saturated carbocycles. The van der Waals surface area contributed by atoms with Crippen LogP contribution in [0.15, 0.2) is 72.4 Å². The van der Waals surface area contributed by atoms with E-state index in [0.29, 0.717) is 18.1 Å². The highest BCUT2D eigenvalue weighted by atomic mass is 19.1. The van der Waals surface area contributed by atoms with Gasteiger partial charge in [0.25, 0.3) is 11.8 Å². The van der Waals surface area contributed by atoms with Crippen molar-refractivity contribution in [2.75, 3.05) is 11.5 Å². The van der Waals surface area contributed by atoms with Gasteiger partial charge in [-0.1, -0.05) is 12.1 Å². The number of nitrogens with zero attached hydrogens (tertiary/aromatic N) is 2. The molecule has 7 nitrogen and oxygen atoms in total. The SMILES string of the molecule is CCOc1ccccc1-n1cccc1C=C1C(=O)NC(=O)N(c2ccc(F)cc2)C1=O. The zero-order chi connectivity index (χ0) is 22.0. The van der Waals surface area contributed by atoms with Crippen molar-refractivity contribution < 1.29 is 23.5 Å². The Balaban J connectivity index is 1.75. The molecule has 3 aromatic rings. The topological polar surface area (TPSA) is 80.6 Å². The van der Waals surface area contributed by atoms with Gasteiger partial charge in [0.1, 0.15) is 17.1 Å². The molecule has 4 rings (SSSR count). The number of halogens is 1. The Morgan fingerprint density at radius 3 is 2.48 bits per heavy atom. The summed E-state index contributed by atoms with van der Waals surface area (Å²) >= 11 is 0. The van der Waals surface area contributed by atoms with Gasteiger partial charge < -0.3 is 9.30 Å². The van der Waals surface area contributed by atoms with Crippen molar-refractivity contribution in [3.8, 4) is 11.4 Å². The molecular formula is C23H18FN3O4. The highest BCUT2D eigenvalue weighted by Gasteiger charge is 2.37. The summed E-state index contributed by atoms with van der Waals surface area (Å²) in [5.74, 6) is -1.47. The third-order valence-electron chi connectivity index (χ3n) is 4.68. The zero-order valence-electron chi connectivity index (χ0n) is 16.5. The van der Waals surface area contributed by atoms with Gasteiger partial charge >= 0.3 is 6.03 Å². The van der Waals surface area contributed by atoms with E-state index in [1.54, 1.807) is 22.9 Å². The number of urea groups is 1. The summed E-state index contributed by atoms with van der Waals surface area (Å²) in [6, 6.07) is 14.8. The maximum Gasteiger partial charge on any atom is 0.335 e. The fourth-order valence-electron chi connectivity index (χ4n) is 3.29. The van der Waals surface area contributed by atoms with Gasteiger partial charge in [-0.2, -0.15) is 0 Å². The molecule has 1 aliphatic rings. The van der Waals surface area contributed by atoms with Gasteiger partial charge in [0.2, 0.25) is 0 Å². The summed E-state index contributed by atoms with van der Waals surface area (Å²) in [5, 5.41) is 2.16. The van der Waals surface area contributed by atoms with Crippen molar-refractivity contribution in [3.05, 3.63) is 83.9 Å². The van der Waals surface area contributed by atoms with Gasteiger partial charge in [0.15, 0.2) is 0 Å². The van der Waals surface area contributed by atoms with E-state index in [1.807, 2.05) is 31.2 Å². The Labute approximate surface area is 177 Å². The molecule has 4 amide bonds. The summed E-state index contributed by atoms with van der Waals surface area (Å²) in [4.78, 5) is 38.6. The molecule has 0 bridgehead atoms. The van der Waals surface area contributed by atoms with Gasteiger partial charge in [-0.05, 0) is 61.5 Å². The van der Waals surface area contributed by atoms with E-state index in [1.165, 1.54) is 18.2 Å². The van der Waals surface area contributed by atoms with Crippen molar-refractivity contribution in [1.82, 2.24) is 9.88 Å². The number of hydrogen-bond donors (Lipinski definition) is 1. The van der Waals surface area contributed by atoms with Crippen molar-refractivity contribution >= 4 is 29.6 Å². The largest absolute Gasteiger partial charge is 0.492 e. The summed E-state index contributed by atoms with van der Waals surface area (Å²) in [7, 11) is 0. The normalized spacial score (nSPS) is 15.4. The molecule has 156 valence electrons. The number of rotatable bonds is 5. The van der Waals surface area contributed by atoms with E-state index in [4.69, 9.17) is 4.74 Å². The summed E-state index contributed by atoms with van der Waals surface area (Å²) in [6.45, 7) is 2.35. The number of amides is 4. The van der Waals surface area contributed by atoms with Crippen LogP contribution in [-0.4, -0.2) is 29.0 Å². The van der Waals surface area contributed by atoms with Crippen molar-refractivity contribution in [3.63, 3.8) is 0 Å². The van der Waals surface area contributed by atoms with Crippen LogP contribution in [-0.2, 0) is 9.59 Å². The van der Waals surface area contributed by atoms with Crippen LogP contribution in [0.2, 0.25) is 0 Å². The van der Waals surface area contributed by atoms with Gasteiger partial charge in [-0.3, -0.25) is 14.9 Å². The molecule has 0 aliphatic carbocycles. The van der Waals surface area contributed by atoms with Crippen LogP contribution in [0.5, 0.6) is 5.75 Å². The molecule has 0 unspecified atom stereocenters. The Morgan fingerprint density at radius 1 is 1.00 bits per heavy atom. The van der Waals surface area contributed by atoms with Crippen molar-refractivity contribution in [2.24, 2.45) is 0 Å². The second-order valence-corrected chi connectivity index (χ2v) is 6.64. The van der Waals surface area contributed by atoms with Crippen LogP contribution in [0.25, 0.3) is 11.8 Å². The van der Waals surface area contributed by atoms with Crippen LogP contribution in [0.4, 0.5) is 14.9 Å². The van der Waals surface area contributed by atoms with Crippen LogP contribution >= 0.6 is 0 Å². The van der Waals surface area contributed by atoms with E-state index >= 15 is 0 Å². The molecule has 0 atom stereocenters. The standard InChI is InChI=1S/C23H18FN3O4/c1-2-31-20-8-4-3-7-19(20)26-13-5-6-17(26)14-18-21(28)25-23(30)27(22(18)29)16-11-9-15(24)10-12-16/h3-14H,2H2,1H3,(H,25,28,30). The third kappa shape index (κ3) is 3.83. The van der Waals surface area contributed by atoms with Crippen LogP contribution in [0, 0.1) is 5.82 Å². The molecule has 0 radical (unpaired) electrons. The first-order valence-corrected chi connectivity index (χ1v) is 9.56. The maximum absolute atomic E-state index is 13.2. The molecule has 1 aromatic heterocycles. The molecule has 2 heterocycles. The first kappa shape index (κ1) is 20.1. The Bertz CT molecular complexity index is 1200. The average Bonchev–Trinajstić information content (AvgIpc) is 3.21. The van der Waals surface area contributed by atoms with Crippen LogP contribution < -0.4 is 15.0 Å². The number of hydrogen-bond acceptors (Lipinski definition) is 4. The van der Waals surface area contributed by atoms with Crippen LogP contribution in [0.3, 0.4) is 0 Å². The molecule has 0 spiro atoms. The summed E-state index contributed by atoms with van der Waals surface area (Å²) in [5.41, 5.74) is 1.20. The molecule has 1 aliphatic heterocycles. The highest BCUT2D eigenvalue weighted by molar-refractivity contribution is 6.39. The molecule has 31 heavy (non-hydrogen) atoms. The molecule has 1 fully saturated rings. The molecule has 1 saturated heterocycles. The molecular weight excluding hydrogens is 401 g/mol. The average molecular weight is 419 g/mol. The van der Waals surface area contributed by atoms with Gasteiger partial charge in [-0.25, -0.2) is 14.1 Å². The quantitative estimate of drug-likeness (QED) is 0.505. The fraction of sp³-hybridized carbons (Fsp3) is 0.0870. The number of carbonyl (C=O) groups is 3. The van der Waals surface area contributed by atoms with Crippen molar-refractivity contribution in [1.29, 1.82) is 0 Å². The van der Waals surface area contributed by atoms with E-state index < -0.39 is 23.7 Å². The lowest BCUT2D eigenvalue weighted by Crippen LogP contribution is -2.54. The van der Waals surface area contributed by atoms with E-state index in [0.717, 1.165) is 22.7 Å². The number of nitrogens with one attached hydrogen (secondary N) is 1. The first-order chi connectivity index (χ1) is 15.0. The van der Waals surface area contributed by atoms with E-state index in [2.05, 4.69) is 5.32 Å². The van der Waals surface area contributed by atoms with Gasteiger partial charge in [0, 0.05) is 11.9 Å². The predicted molar refractivity (Wildman–Crippen MR) is 112 cm³/mol. The Kier molecular flexibility index (Phi) is 5.36. The minimum absolute atomic E-state index is 0.152. The van der Waals surface area contributed by atoms with Crippen molar-refractivity contribution in [2.45, 2.75) is 6.92 Å². The number of aromatic nitrogens is 1. The molecule has 1 N–H and O–H groups in total. The zero-order valence-corrected chi connectivity index (χ0v) is 16.5. The number of carbonyl (C=O) groups excluding carboxylic acids is 3.